The van der Waals surface area contributed by atoms with Crippen molar-refractivity contribution in [3.63, 3.8) is 0 Å². The van der Waals surface area contributed by atoms with Gasteiger partial charge in [0.2, 0.25) is 0 Å². The van der Waals surface area contributed by atoms with Crippen LogP contribution in [-0.4, -0.2) is 35.6 Å². The fraction of sp³-hybridized carbons (Fsp3) is 0.812. The molecule has 0 radical (unpaired) electrons. The lowest BCUT2D eigenvalue weighted by atomic mass is 9.91. The van der Waals surface area contributed by atoms with Crippen LogP contribution in [0.1, 0.15) is 45.0 Å². The molecule has 1 aromatic heterocycles. The predicted octanol–water partition coefficient (Wildman–Crippen LogP) is 3.07. The molecule has 2 heterocycles. The molecule has 1 N–H and O–H groups in total. The summed E-state index contributed by atoms with van der Waals surface area (Å²) < 4.78 is 7.76. The molecule has 21 heavy (non-hydrogen) atoms. The van der Waals surface area contributed by atoms with E-state index in [9.17, 15) is 0 Å². The Kier molecular flexibility index (Phi) is 6.52. The highest BCUT2D eigenvalue weighted by Crippen LogP contribution is 2.27. The van der Waals surface area contributed by atoms with Crippen LogP contribution in [-0.2, 0) is 24.1 Å². The lowest BCUT2D eigenvalue weighted by Crippen LogP contribution is -2.44. The first-order valence-corrected chi connectivity index (χ1v) is 8.64. The summed E-state index contributed by atoms with van der Waals surface area (Å²) in [5, 5.41) is 9.15. The molecule has 5 heteroatoms. The SMILES string of the molecule is CCCNC1CCOCC1Cc1c(Cl)c(CC)nn1CC. The van der Waals surface area contributed by atoms with Crippen molar-refractivity contribution in [2.45, 2.75) is 59.0 Å². The summed E-state index contributed by atoms with van der Waals surface area (Å²) >= 11 is 6.54. The molecule has 0 amide bonds. The maximum atomic E-state index is 6.54. The molecular weight excluding hydrogens is 286 g/mol. The lowest BCUT2D eigenvalue weighted by molar-refractivity contribution is 0.0315. The molecule has 0 aliphatic carbocycles. The molecule has 1 aliphatic heterocycles. The monoisotopic (exact) mass is 313 g/mol. The average molecular weight is 314 g/mol. The molecular formula is C16H28ClN3O. The largest absolute Gasteiger partial charge is 0.381 e. The minimum atomic E-state index is 0.481. The highest BCUT2D eigenvalue weighted by molar-refractivity contribution is 6.31. The lowest BCUT2D eigenvalue weighted by Gasteiger charge is -2.32. The molecule has 0 saturated carbocycles. The van der Waals surface area contributed by atoms with Gasteiger partial charge in [-0.25, -0.2) is 0 Å². The number of aromatic nitrogens is 2. The van der Waals surface area contributed by atoms with E-state index in [1.54, 1.807) is 0 Å². The third-order valence-electron chi connectivity index (χ3n) is 4.28. The highest BCUT2D eigenvalue weighted by Gasteiger charge is 2.28. The van der Waals surface area contributed by atoms with Crippen LogP contribution in [0.5, 0.6) is 0 Å². The summed E-state index contributed by atoms with van der Waals surface area (Å²) in [6, 6.07) is 0.528. The third kappa shape index (κ3) is 3.99. The van der Waals surface area contributed by atoms with E-state index in [-0.39, 0.29) is 0 Å². The van der Waals surface area contributed by atoms with Gasteiger partial charge in [0, 0.05) is 25.1 Å². The Morgan fingerprint density at radius 1 is 1.38 bits per heavy atom. The van der Waals surface area contributed by atoms with Gasteiger partial charge >= 0.3 is 0 Å². The Balaban J connectivity index is 2.12. The molecule has 2 atom stereocenters. The Hall–Kier alpha value is -0.580. The maximum absolute atomic E-state index is 6.54. The van der Waals surface area contributed by atoms with E-state index in [2.05, 4.69) is 35.9 Å². The number of nitrogens with one attached hydrogen (secondary N) is 1. The first kappa shape index (κ1) is 16.8. The van der Waals surface area contributed by atoms with Crippen LogP contribution in [0.3, 0.4) is 0 Å². The molecule has 120 valence electrons. The number of rotatable bonds is 7. The molecule has 2 unspecified atom stereocenters. The summed E-state index contributed by atoms with van der Waals surface area (Å²) in [6.45, 7) is 10.0. The molecule has 4 nitrogen and oxygen atoms in total. The summed E-state index contributed by atoms with van der Waals surface area (Å²) in [5.41, 5.74) is 2.19. The Morgan fingerprint density at radius 2 is 2.19 bits per heavy atom. The number of hydrogen-bond donors (Lipinski definition) is 1. The summed E-state index contributed by atoms with van der Waals surface area (Å²) in [6.07, 6.45) is 4.08. The first-order valence-electron chi connectivity index (χ1n) is 8.26. The van der Waals surface area contributed by atoms with Gasteiger partial charge in [-0.05, 0) is 39.2 Å². The van der Waals surface area contributed by atoms with E-state index in [1.807, 2.05) is 0 Å². The van der Waals surface area contributed by atoms with Gasteiger partial charge in [-0.3, -0.25) is 4.68 Å². The van der Waals surface area contributed by atoms with Crippen molar-refractivity contribution < 1.29 is 4.74 Å². The number of nitrogens with zero attached hydrogens (tertiary/aromatic N) is 2. The predicted molar refractivity (Wildman–Crippen MR) is 87.0 cm³/mol. The van der Waals surface area contributed by atoms with Crippen LogP contribution in [0.4, 0.5) is 0 Å². The van der Waals surface area contributed by atoms with Gasteiger partial charge in [-0.2, -0.15) is 5.10 Å². The van der Waals surface area contributed by atoms with E-state index in [0.717, 1.165) is 62.7 Å². The number of hydrogen-bond acceptors (Lipinski definition) is 3. The molecule has 1 aliphatic rings. The van der Waals surface area contributed by atoms with E-state index < -0.39 is 0 Å². The van der Waals surface area contributed by atoms with Crippen LogP contribution in [0.15, 0.2) is 0 Å². The van der Waals surface area contributed by atoms with Crippen molar-refractivity contribution in [3.05, 3.63) is 16.4 Å². The zero-order chi connectivity index (χ0) is 15.2. The maximum Gasteiger partial charge on any atom is 0.0849 e. The van der Waals surface area contributed by atoms with Crippen molar-refractivity contribution in [1.29, 1.82) is 0 Å². The minimum Gasteiger partial charge on any atom is -0.381 e. The van der Waals surface area contributed by atoms with Gasteiger partial charge in [0.05, 0.1) is 23.0 Å². The summed E-state index contributed by atoms with van der Waals surface area (Å²) in [7, 11) is 0. The van der Waals surface area contributed by atoms with Crippen LogP contribution in [0.25, 0.3) is 0 Å². The van der Waals surface area contributed by atoms with Gasteiger partial charge in [-0.15, -0.1) is 0 Å². The Morgan fingerprint density at radius 3 is 2.86 bits per heavy atom. The second-order valence-electron chi connectivity index (χ2n) is 5.77. The minimum absolute atomic E-state index is 0.481. The van der Waals surface area contributed by atoms with Crippen molar-refractivity contribution in [3.8, 4) is 0 Å². The van der Waals surface area contributed by atoms with Crippen molar-refractivity contribution in [2.24, 2.45) is 5.92 Å². The zero-order valence-corrected chi connectivity index (χ0v) is 14.2. The van der Waals surface area contributed by atoms with Gasteiger partial charge in [0.15, 0.2) is 0 Å². The van der Waals surface area contributed by atoms with E-state index in [4.69, 9.17) is 16.3 Å². The van der Waals surface area contributed by atoms with E-state index in [0.29, 0.717) is 12.0 Å². The molecule has 0 bridgehead atoms. The van der Waals surface area contributed by atoms with Crippen LogP contribution in [0.2, 0.25) is 5.02 Å². The van der Waals surface area contributed by atoms with Crippen LogP contribution in [0, 0.1) is 5.92 Å². The fourth-order valence-electron chi connectivity index (χ4n) is 3.06. The molecule has 1 aromatic rings. The fourth-order valence-corrected chi connectivity index (χ4v) is 3.40. The van der Waals surface area contributed by atoms with Gasteiger partial charge in [0.25, 0.3) is 0 Å². The average Bonchev–Trinajstić information content (AvgIpc) is 2.82. The van der Waals surface area contributed by atoms with Gasteiger partial charge in [0.1, 0.15) is 0 Å². The van der Waals surface area contributed by atoms with Crippen molar-refractivity contribution in [1.82, 2.24) is 15.1 Å². The van der Waals surface area contributed by atoms with Crippen LogP contribution < -0.4 is 5.32 Å². The molecule has 1 saturated heterocycles. The Labute approximate surface area is 133 Å². The number of ether oxygens (including phenoxy) is 1. The van der Waals surface area contributed by atoms with E-state index in [1.165, 1.54) is 5.69 Å². The number of halogens is 1. The van der Waals surface area contributed by atoms with Gasteiger partial charge in [-0.1, -0.05) is 25.4 Å². The Bertz CT molecular complexity index is 447. The second-order valence-corrected chi connectivity index (χ2v) is 6.14. The zero-order valence-electron chi connectivity index (χ0n) is 13.5. The second kappa shape index (κ2) is 8.16. The quantitative estimate of drug-likeness (QED) is 0.841. The third-order valence-corrected chi connectivity index (χ3v) is 4.72. The van der Waals surface area contributed by atoms with Crippen molar-refractivity contribution in [2.75, 3.05) is 19.8 Å². The standard InChI is InChI=1S/C16H28ClN3O/c1-4-8-18-14-7-9-21-11-12(14)10-15-16(17)13(5-2)19-20(15)6-3/h12,14,18H,4-11H2,1-3H3. The topological polar surface area (TPSA) is 39.1 Å². The normalized spacial score (nSPS) is 22.7. The smallest absolute Gasteiger partial charge is 0.0849 e. The first-order chi connectivity index (χ1) is 10.2. The van der Waals surface area contributed by atoms with E-state index >= 15 is 0 Å². The number of aryl methyl sites for hydroxylation is 2. The molecule has 2 rings (SSSR count). The van der Waals surface area contributed by atoms with Gasteiger partial charge < -0.3 is 10.1 Å². The highest BCUT2D eigenvalue weighted by atomic mass is 35.5. The molecule has 0 aromatic carbocycles. The molecule has 0 spiro atoms. The van der Waals surface area contributed by atoms with Crippen molar-refractivity contribution >= 4 is 11.6 Å². The van der Waals surface area contributed by atoms with Crippen LogP contribution >= 0.6 is 11.6 Å². The summed E-state index contributed by atoms with van der Waals surface area (Å²) in [5.74, 6) is 0.481. The summed E-state index contributed by atoms with van der Waals surface area (Å²) in [4.78, 5) is 0. The molecule has 1 fully saturated rings.